The quantitative estimate of drug-likeness (QED) is 0.687. The van der Waals surface area contributed by atoms with Crippen molar-refractivity contribution in [3.8, 4) is 0 Å². The van der Waals surface area contributed by atoms with E-state index in [2.05, 4.69) is 72.9 Å². The van der Waals surface area contributed by atoms with Crippen LogP contribution in [0.25, 0.3) is 0 Å². The summed E-state index contributed by atoms with van der Waals surface area (Å²) in [7, 11) is -0.0961. The fourth-order valence-corrected chi connectivity index (χ4v) is 7.89. The molecule has 0 aromatic carbocycles. The van der Waals surface area contributed by atoms with Crippen molar-refractivity contribution in [1.82, 2.24) is 0 Å². The van der Waals surface area contributed by atoms with Crippen molar-refractivity contribution in [2.45, 2.75) is 16.6 Å². The zero-order valence-electron chi connectivity index (χ0n) is 10.6. The van der Waals surface area contributed by atoms with Gasteiger partial charge in [0.2, 0.25) is 8.32 Å². The van der Waals surface area contributed by atoms with E-state index in [-0.39, 0.29) is 0 Å². The fraction of sp³-hybridized carbons (Fsp3) is 0.250. The Morgan fingerprint density at radius 1 is 0.611 bits per heavy atom. The highest BCUT2D eigenvalue weighted by Gasteiger charge is 2.51. The highest BCUT2D eigenvalue weighted by atomic mass is 28.4. The Hall–Kier alpha value is -1.38. The minimum atomic E-state index is -1.99. The van der Waals surface area contributed by atoms with Gasteiger partial charge in [0, 0.05) is 23.7 Å². The third-order valence-electron chi connectivity index (χ3n) is 4.16. The maximum Gasteiger partial charge on any atom is 0.223 e. The molecule has 3 rings (SSSR count). The lowest BCUT2D eigenvalue weighted by molar-refractivity contribution is 0.382. The average molecular weight is 254 g/mol. The Kier molecular flexibility index (Phi) is 3.06. The van der Waals surface area contributed by atoms with Crippen molar-refractivity contribution >= 4 is 8.32 Å². The standard InChI is InChI=1S/C16H18OSi/c1-17-18(14-8-2-3-9-14,15-10-4-5-11-15)16-12-6-7-13-16/h2-16H,1H3. The van der Waals surface area contributed by atoms with Gasteiger partial charge in [-0.1, -0.05) is 72.9 Å². The van der Waals surface area contributed by atoms with Crippen molar-refractivity contribution in [2.24, 2.45) is 0 Å². The van der Waals surface area contributed by atoms with E-state index in [9.17, 15) is 0 Å². The molecule has 92 valence electrons. The van der Waals surface area contributed by atoms with E-state index in [1.807, 2.05) is 7.11 Å². The van der Waals surface area contributed by atoms with Crippen LogP contribution in [-0.4, -0.2) is 15.4 Å². The van der Waals surface area contributed by atoms with E-state index in [1.54, 1.807) is 0 Å². The van der Waals surface area contributed by atoms with Gasteiger partial charge in [-0.05, 0) is 0 Å². The Labute approximate surface area is 110 Å². The van der Waals surface area contributed by atoms with Crippen molar-refractivity contribution in [3.63, 3.8) is 0 Å². The molecule has 0 amide bonds. The molecule has 0 atom stereocenters. The average Bonchev–Trinajstić information content (AvgIpc) is 3.16. The lowest BCUT2D eigenvalue weighted by atomic mass is 10.4. The number of allylic oxidation sites excluding steroid dienone is 12. The third-order valence-corrected chi connectivity index (χ3v) is 9.15. The van der Waals surface area contributed by atoms with Crippen LogP contribution in [0.1, 0.15) is 0 Å². The van der Waals surface area contributed by atoms with Crippen LogP contribution < -0.4 is 0 Å². The monoisotopic (exact) mass is 254 g/mol. The largest absolute Gasteiger partial charge is 0.417 e. The first-order valence-electron chi connectivity index (χ1n) is 6.48. The van der Waals surface area contributed by atoms with Crippen molar-refractivity contribution < 1.29 is 4.43 Å². The molecule has 0 aromatic rings. The first-order valence-corrected chi connectivity index (χ1v) is 8.62. The second-order valence-electron chi connectivity index (χ2n) is 4.94. The minimum absolute atomic E-state index is 0.456. The topological polar surface area (TPSA) is 9.23 Å². The van der Waals surface area contributed by atoms with Crippen molar-refractivity contribution in [2.75, 3.05) is 7.11 Å². The predicted octanol–water partition coefficient (Wildman–Crippen LogP) is 4.07. The highest BCUT2D eigenvalue weighted by molar-refractivity contribution is 6.81. The van der Waals surface area contributed by atoms with Gasteiger partial charge in [0.05, 0.1) is 0 Å². The maximum absolute atomic E-state index is 6.22. The molecule has 0 unspecified atom stereocenters. The summed E-state index contributed by atoms with van der Waals surface area (Å²) in [5.41, 5.74) is 1.37. The van der Waals surface area contributed by atoms with Crippen LogP contribution in [0, 0.1) is 0 Å². The molecule has 0 aliphatic heterocycles. The first kappa shape index (κ1) is 11.7. The van der Waals surface area contributed by atoms with Crippen LogP contribution in [0.5, 0.6) is 0 Å². The summed E-state index contributed by atoms with van der Waals surface area (Å²) in [5, 5.41) is 0. The van der Waals surface area contributed by atoms with Crippen molar-refractivity contribution in [3.05, 3.63) is 72.9 Å². The normalized spacial score (nSPS) is 23.2. The molecule has 3 aliphatic rings. The van der Waals surface area contributed by atoms with Gasteiger partial charge < -0.3 is 4.43 Å². The maximum atomic E-state index is 6.22. The molecule has 0 saturated heterocycles. The third kappa shape index (κ3) is 1.64. The van der Waals surface area contributed by atoms with Gasteiger partial charge in [0.15, 0.2) is 0 Å². The Morgan fingerprint density at radius 2 is 0.889 bits per heavy atom. The molecule has 0 heterocycles. The van der Waals surface area contributed by atoms with Crippen LogP contribution in [0.3, 0.4) is 0 Å². The molecular weight excluding hydrogens is 236 g/mol. The lowest BCUT2D eigenvalue weighted by Crippen LogP contribution is -2.48. The minimum Gasteiger partial charge on any atom is -0.417 e. The second-order valence-corrected chi connectivity index (χ2v) is 9.06. The van der Waals surface area contributed by atoms with Crippen LogP contribution in [0.4, 0.5) is 0 Å². The van der Waals surface area contributed by atoms with E-state index >= 15 is 0 Å². The fourth-order valence-electron chi connectivity index (χ4n) is 3.27. The molecule has 0 bridgehead atoms. The van der Waals surface area contributed by atoms with Gasteiger partial charge in [-0.15, -0.1) is 0 Å². The molecule has 0 radical (unpaired) electrons. The summed E-state index contributed by atoms with van der Waals surface area (Å²) < 4.78 is 6.22. The molecular formula is C16H18OSi. The van der Waals surface area contributed by atoms with E-state index in [0.29, 0.717) is 16.6 Å². The molecule has 2 heteroatoms. The molecule has 18 heavy (non-hydrogen) atoms. The lowest BCUT2D eigenvalue weighted by Gasteiger charge is -2.40. The van der Waals surface area contributed by atoms with E-state index in [0.717, 1.165) is 0 Å². The van der Waals surface area contributed by atoms with Crippen LogP contribution >= 0.6 is 0 Å². The summed E-state index contributed by atoms with van der Waals surface area (Å²) in [5.74, 6) is 0. The van der Waals surface area contributed by atoms with Gasteiger partial charge in [0.1, 0.15) is 0 Å². The number of hydrogen-bond donors (Lipinski definition) is 0. The Bertz CT molecular complexity index is 388. The van der Waals surface area contributed by atoms with E-state index < -0.39 is 8.32 Å². The summed E-state index contributed by atoms with van der Waals surface area (Å²) in [6, 6.07) is 0. The predicted molar refractivity (Wildman–Crippen MR) is 78.9 cm³/mol. The Balaban J connectivity index is 2.04. The molecule has 0 saturated carbocycles. The van der Waals surface area contributed by atoms with Gasteiger partial charge >= 0.3 is 0 Å². The molecule has 0 spiro atoms. The van der Waals surface area contributed by atoms with E-state index in [1.165, 1.54) is 0 Å². The summed E-state index contributed by atoms with van der Waals surface area (Å²) in [4.78, 5) is 0. The number of rotatable bonds is 4. The number of hydrogen-bond acceptors (Lipinski definition) is 1. The summed E-state index contributed by atoms with van der Waals surface area (Å²) >= 11 is 0. The molecule has 0 N–H and O–H groups in total. The van der Waals surface area contributed by atoms with Crippen LogP contribution in [0.15, 0.2) is 72.9 Å². The zero-order chi connectivity index (χ0) is 12.4. The van der Waals surface area contributed by atoms with Gasteiger partial charge in [-0.3, -0.25) is 0 Å². The molecule has 3 aliphatic carbocycles. The van der Waals surface area contributed by atoms with Gasteiger partial charge in [0.25, 0.3) is 0 Å². The molecule has 0 aromatic heterocycles. The second kappa shape index (κ2) is 4.71. The highest BCUT2D eigenvalue weighted by Crippen LogP contribution is 2.49. The molecule has 1 nitrogen and oxygen atoms in total. The van der Waals surface area contributed by atoms with Crippen LogP contribution in [-0.2, 0) is 4.43 Å². The van der Waals surface area contributed by atoms with E-state index in [4.69, 9.17) is 4.43 Å². The van der Waals surface area contributed by atoms with Gasteiger partial charge in [-0.25, -0.2) is 0 Å². The SMILES string of the molecule is CO[Si](C1C=CC=C1)(C1C=CC=C1)C1C=CC=C1. The summed E-state index contributed by atoms with van der Waals surface area (Å²) in [6.45, 7) is 0. The summed E-state index contributed by atoms with van der Waals surface area (Å²) in [6.07, 6.45) is 26.7. The Morgan fingerprint density at radius 3 is 1.11 bits per heavy atom. The van der Waals surface area contributed by atoms with Gasteiger partial charge in [-0.2, -0.15) is 0 Å². The van der Waals surface area contributed by atoms with Crippen molar-refractivity contribution in [1.29, 1.82) is 0 Å². The van der Waals surface area contributed by atoms with Crippen LogP contribution in [0.2, 0.25) is 16.6 Å². The molecule has 0 fully saturated rings. The zero-order valence-corrected chi connectivity index (χ0v) is 11.6. The smallest absolute Gasteiger partial charge is 0.223 e. The first-order chi connectivity index (χ1) is 8.88.